The molecule has 3 aliphatic rings. The molecule has 7 nitrogen and oxygen atoms in total. The van der Waals surface area contributed by atoms with E-state index in [9.17, 15) is 8.78 Å². The number of anilines is 2. The van der Waals surface area contributed by atoms with Crippen molar-refractivity contribution in [3.8, 4) is 0 Å². The summed E-state index contributed by atoms with van der Waals surface area (Å²) in [5, 5.41) is 0. The van der Waals surface area contributed by atoms with Crippen molar-refractivity contribution in [1.29, 1.82) is 0 Å². The fourth-order valence-electron chi connectivity index (χ4n) is 4.96. The van der Waals surface area contributed by atoms with Gasteiger partial charge in [-0.1, -0.05) is 19.1 Å². The van der Waals surface area contributed by atoms with Crippen molar-refractivity contribution in [2.24, 2.45) is 16.1 Å². The van der Waals surface area contributed by atoms with E-state index in [4.69, 9.17) is 27.3 Å². The third kappa shape index (κ3) is 3.82. The monoisotopic (exact) mass is 451 g/mol. The van der Waals surface area contributed by atoms with Crippen molar-refractivity contribution in [1.82, 2.24) is 9.97 Å². The summed E-state index contributed by atoms with van der Waals surface area (Å²) in [5.74, 6) is 0.636. The molecular weight excluding hydrogens is 424 g/mol. The largest absolute Gasteiger partial charge is 0.355 e. The molecular formula is C24H27F2N7. The van der Waals surface area contributed by atoms with Gasteiger partial charge in [-0.2, -0.15) is 0 Å². The smallest absolute Gasteiger partial charge is 0.245 e. The van der Waals surface area contributed by atoms with Gasteiger partial charge in [-0.15, -0.1) is 0 Å². The molecule has 5 rings (SSSR count). The lowest BCUT2D eigenvalue weighted by Gasteiger charge is -2.39. The number of piperidine rings is 1. The third-order valence-corrected chi connectivity index (χ3v) is 7.26. The number of aliphatic imine (C=N–C) groups is 1. The molecule has 172 valence electrons. The van der Waals surface area contributed by atoms with Crippen molar-refractivity contribution in [2.45, 2.75) is 45.1 Å². The Kier molecular flexibility index (Phi) is 5.49. The lowest BCUT2D eigenvalue weighted by molar-refractivity contribution is 0.109. The maximum Gasteiger partial charge on any atom is 0.245 e. The van der Waals surface area contributed by atoms with E-state index in [1.807, 2.05) is 4.90 Å². The van der Waals surface area contributed by atoms with Gasteiger partial charge in [0.25, 0.3) is 0 Å². The summed E-state index contributed by atoms with van der Waals surface area (Å²) < 4.78 is 27.4. The number of nitrogens with zero attached hydrogens (tertiary/aromatic N) is 6. The van der Waals surface area contributed by atoms with E-state index in [0.29, 0.717) is 54.5 Å². The first-order chi connectivity index (χ1) is 15.9. The van der Waals surface area contributed by atoms with Crippen LogP contribution in [0.2, 0.25) is 0 Å². The Morgan fingerprint density at radius 1 is 1.27 bits per heavy atom. The molecule has 1 saturated heterocycles. The normalized spacial score (nSPS) is 21.5. The summed E-state index contributed by atoms with van der Waals surface area (Å²) in [6.45, 7) is 12.8. The van der Waals surface area contributed by atoms with E-state index in [1.54, 1.807) is 24.4 Å². The molecule has 1 atom stereocenters. The molecule has 0 bridgehead atoms. The van der Waals surface area contributed by atoms with Crippen LogP contribution in [-0.2, 0) is 6.54 Å². The average Bonchev–Trinajstić information content (AvgIpc) is 3.26. The molecule has 4 heterocycles. The van der Waals surface area contributed by atoms with Gasteiger partial charge in [-0.25, -0.2) is 23.6 Å². The van der Waals surface area contributed by atoms with Gasteiger partial charge in [0, 0.05) is 31.2 Å². The highest BCUT2D eigenvalue weighted by atomic mass is 19.3. The van der Waals surface area contributed by atoms with Gasteiger partial charge in [0.1, 0.15) is 11.5 Å². The molecule has 0 radical (unpaired) electrons. The molecule has 1 fully saturated rings. The van der Waals surface area contributed by atoms with Gasteiger partial charge in [0.15, 0.2) is 11.5 Å². The fraction of sp³-hybridized carbons (Fsp3) is 0.500. The van der Waals surface area contributed by atoms with Crippen LogP contribution in [0.25, 0.3) is 4.85 Å². The van der Waals surface area contributed by atoms with Gasteiger partial charge in [0.05, 0.1) is 25.0 Å². The van der Waals surface area contributed by atoms with Crippen LogP contribution < -0.4 is 15.5 Å². The van der Waals surface area contributed by atoms with Gasteiger partial charge >= 0.3 is 0 Å². The van der Waals surface area contributed by atoms with Crippen molar-refractivity contribution < 1.29 is 8.78 Å². The molecule has 2 N–H and O–H groups in total. The highest BCUT2D eigenvalue weighted by Gasteiger charge is 2.36. The van der Waals surface area contributed by atoms with E-state index >= 15 is 0 Å². The van der Waals surface area contributed by atoms with Crippen LogP contribution in [0, 0.1) is 12.0 Å². The number of hydrogen-bond donors (Lipinski definition) is 1. The zero-order valence-electron chi connectivity index (χ0n) is 18.6. The van der Waals surface area contributed by atoms with Crippen molar-refractivity contribution in [2.75, 3.05) is 36.0 Å². The average molecular weight is 452 g/mol. The van der Waals surface area contributed by atoms with Crippen LogP contribution in [0.15, 0.2) is 29.4 Å². The van der Waals surface area contributed by atoms with E-state index in [2.05, 4.69) is 16.7 Å². The van der Waals surface area contributed by atoms with Crippen LogP contribution in [-0.4, -0.2) is 48.4 Å². The van der Waals surface area contributed by atoms with Gasteiger partial charge in [0.2, 0.25) is 6.43 Å². The van der Waals surface area contributed by atoms with Crippen LogP contribution >= 0.6 is 0 Å². The minimum absolute atomic E-state index is 0.182. The molecule has 3 aliphatic heterocycles. The fourth-order valence-corrected chi connectivity index (χ4v) is 4.96. The summed E-state index contributed by atoms with van der Waals surface area (Å²) in [7, 11) is 0. The third-order valence-electron chi connectivity index (χ3n) is 7.26. The topological polar surface area (TPSA) is 75.0 Å². The van der Waals surface area contributed by atoms with Crippen LogP contribution in [0.5, 0.6) is 0 Å². The number of hydrogen-bond acceptors (Lipinski definition) is 6. The minimum Gasteiger partial charge on any atom is -0.355 e. The lowest BCUT2D eigenvalue weighted by atomic mass is 9.80. The lowest BCUT2D eigenvalue weighted by Crippen LogP contribution is -2.42. The van der Waals surface area contributed by atoms with E-state index in [1.165, 1.54) is 0 Å². The van der Waals surface area contributed by atoms with Crippen LogP contribution in [0.1, 0.15) is 49.1 Å². The molecule has 9 heteroatoms. The Bertz CT molecular complexity index is 1130. The summed E-state index contributed by atoms with van der Waals surface area (Å²) in [6, 6.07) is 5.01. The quantitative estimate of drug-likeness (QED) is 0.711. The second-order valence-electron chi connectivity index (χ2n) is 9.40. The van der Waals surface area contributed by atoms with E-state index in [0.717, 1.165) is 37.4 Å². The first kappa shape index (κ1) is 21.7. The molecule has 0 saturated carbocycles. The van der Waals surface area contributed by atoms with Gasteiger partial charge in [-0.05, 0) is 42.9 Å². The molecule has 33 heavy (non-hydrogen) atoms. The van der Waals surface area contributed by atoms with Crippen LogP contribution in [0.4, 0.5) is 26.0 Å². The Hall–Kier alpha value is -3.12. The summed E-state index contributed by atoms with van der Waals surface area (Å²) in [5.41, 5.74) is 9.18. The van der Waals surface area contributed by atoms with E-state index < -0.39 is 12.3 Å². The number of rotatable bonds is 3. The Balaban J connectivity index is 1.41. The maximum atomic E-state index is 13.7. The van der Waals surface area contributed by atoms with Crippen LogP contribution in [0.3, 0.4) is 0 Å². The molecule has 0 spiro atoms. The predicted molar refractivity (Wildman–Crippen MR) is 124 cm³/mol. The molecule has 0 amide bonds. The zero-order chi connectivity index (χ0) is 23.2. The van der Waals surface area contributed by atoms with Gasteiger partial charge in [-0.3, -0.25) is 4.99 Å². The van der Waals surface area contributed by atoms with Crippen molar-refractivity contribution in [3.05, 3.63) is 52.8 Å². The SMILES string of the molecule is [C-]#[N+]c1ccc2c(c1)C(C(F)F)CCN2C1=NCc2nc(N3CCC(C)(CN)CC3)cnc21. The molecule has 2 aromatic rings. The number of amidine groups is 1. The Labute approximate surface area is 192 Å². The number of aromatic nitrogens is 2. The van der Waals surface area contributed by atoms with E-state index in [-0.39, 0.29) is 5.41 Å². The second kappa shape index (κ2) is 8.34. The number of nitrogens with two attached hydrogens (primary N) is 1. The molecule has 1 aromatic heterocycles. The molecule has 1 aromatic carbocycles. The molecule has 1 unspecified atom stereocenters. The summed E-state index contributed by atoms with van der Waals surface area (Å²) in [4.78, 5) is 21.9. The Morgan fingerprint density at radius 2 is 2.06 bits per heavy atom. The first-order valence-electron chi connectivity index (χ1n) is 11.4. The number of alkyl halides is 2. The highest BCUT2D eigenvalue weighted by molar-refractivity contribution is 6.11. The number of fused-ring (bicyclic) bond motifs is 2. The highest BCUT2D eigenvalue weighted by Crippen LogP contribution is 2.42. The van der Waals surface area contributed by atoms with Crippen molar-refractivity contribution in [3.63, 3.8) is 0 Å². The summed E-state index contributed by atoms with van der Waals surface area (Å²) >= 11 is 0. The zero-order valence-corrected chi connectivity index (χ0v) is 18.6. The number of benzene rings is 1. The first-order valence-corrected chi connectivity index (χ1v) is 11.4. The maximum absolute atomic E-state index is 13.7. The number of halogens is 2. The van der Waals surface area contributed by atoms with Gasteiger partial charge < -0.3 is 15.5 Å². The second-order valence-corrected chi connectivity index (χ2v) is 9.40. The predicted octanol–water partition coefficient (Wildman–Crippen LogP) is 4.11. The summed E-state index contributed by atoms with van der Waals surface area (Å²) in [6.07, 6.45) is 1.65. The minimum atomic E-state index is -2.47. The standard InChI is InChI=1S/C24H27F2N7/c1-24(14-27)6-9-32(10-7-24)20-13-29-21-18(31-20)12-30-23(21)33-8-5-16(22(25)26)17-11-15(28-2)3-4-19(17)33/h3-4,11,13,16,22H,5-10,12,14,27H2,1H3. The van der Waals surface area contributed by atoms with Crippen molar-refractivity contribution >= 4 is 23.0 Å². The molecule has 0 aliphatic carbocycles. The Morgan fingerprint density at radius 3 is 2.76 bits per heavy atom.